The molecule has 1 heterocycles. The molecule has 0 saturated heterocycles. The quantitative estimate of drug-likeness (QED) is 0.606. The average Bonchev–Trinajstić information content (AvgIpc) is 2.04. The molecule has 0 radical (unpaired) electrons. The molecule has 0 fully saturated rings. The van der Waals surface area contributed by atoms with E-state index < -0.39 is 0 Å². The molecule has 56 valence electrons. The summed E-state index contributed by atoms with van der Waals surface area (Å²) in [5, 5.41) is 8.51. The molecule has 0 saturated carbocycles. The molecule has 1 aromatic rings. The van der Waals surface area contributed by atoms with Crippen LogP contribution in [0.15, 0.2) is 12.1 Å². The second-order valence-electron chi connectivity index (χ2n) is 2.41. The number of nitrogens with zero attached hydrogens (tertiary/aromatic N) is 2. The van der Waals surface area contributed by atoms with Crippen molar-refractivity contribution in [2.45, 2.75) is 20.3 Å². The number of nitriles is 1. The maximum atomic E-state index is 8.51. The smallest absolute Gasteiger partial charge is 0.140 e. The SMILES string of the molecule is CCc1ccc(C#N)nc1C. The highest BCUT2D eigenvalue weighted by molar-refractivity contribution is 5.27. The summed E-state index contributed by atoms with van der Waals surface area (Å²) in [5.41, 5.74) is 2.68. The van der Waals surface area contributed by atoms with Gasteiger partial charge in [-0.15, -0.1) is 0 Å². The lowest BCUT2D eigenvalue weighted by atomic mass is 10.1. The molecule has 0 aliphatic carbocycles. The first-order chi connectivity index (χ1) is 5.27. The van der Waals surface area contributed by atoms with E-state index in [-0.39, 0.29) is 0 Å². The molecular formula is C9H10N2. The fourth-order valence-corrected chi connectivity index (χ4v) is 1.03. The molecule has 2 nitrogen and oxygen atoms in total. The van der Waals surface area contributed by atoms with Gasteiger partial charge in [0.15, 0.2) is 0 Å². The Hall–Kier alpha value is -1.36. The number of aryl methyl sites for hydroxylation is 2. The van der Waals surface area contributed by atoms with Gasteiger partial charge in [-0.05, 0) is 25.0 Å². The molecule has 1 aromatic heterocycles. The Balaban J connectivity index is 3.12. The topological polar surface area (TPSA) is 36.7 Å². The summed E-state index contributed by atoms with van der Waals surface area (Å²) in [5.74, 6) is 0. The molecule has 11 heavy (non-hydrogen) atoms. The van der Waals surface area contributed by atoms with Gasteiger partial charge < -0.3 is 0 Å². The van der Waals surface area contributed by atoms with Gasteiger partial charge in [-0.25, -0.2) is 4.98 Å². The molecule has 0 aliphatic rings. The molecule has 0 spiro atoms. The maximum Gasteiger partial charge on any atom is 0.140 e. The van der Waals surface area contributed by atoms with Crippen molar-refractivity contribution in [1.82, 2.24) is 4.98 Å². The van der Waals surface area contributed by atoms with Crippen LogP contribution in [0.5, 0.6) is 0 Å². The number of pyridine rings is 1. The minimum Gasteiger partial charge on any atom is -0.242 e. The van der Waals surface area contributed by atoms with Gasteiger partial charge in [-0.1, -0.05) is 13.0 Å². The highest BCUT2D eigenvalue weighted by Gasteiger charge is 1.97. The van der Waals surface area contributed by atoms with Crippen molar-refractivity contribution in [2.75, 3.05) is 0 Å². The number of rotatable bonds is 1. The van der Waals surface area contributed by atoms with Crippen molar-refractivity contribution < 1.29 is 0 Å². The molecule has 0 amide bonds. The predicted octanol–water partition coefficient (Wildman–Crippen LogP) is 1.82. The van der Waals surface area contributed by atoms with Crippen molar-refractivity contribution >= 4 is 0 Å². The Bertz CT molecular complexity index is 297. The molecule has 0 aliphatic heterocycles. The van der Waals surface area contributed by atoms with Crippen LogP contribution in [0, 0.1) is 18.3 Å². The van der Waals surface area contributed by atoms with Gasteiger partial charge in [0.1, 0.15) is 11.8 Å². The second-order valence-corrected chi connectivity index (χ2v) is 2.41. The van der Waals surface area contributed by atoms with E-state index in [4.69, 9.17) is 5.26 Å². The molecule has 1 rings (SSSR count). The zero-order valence-corrected chi connectivity index (χ0v) is 6.76. The van der Waals surface area contributed by atoms with E-state index >= 15 is 0 Å². The second kappa shape index (κ2) is 3.16. The van der Waals surface area contributed by atoms with E-state index in [9.17, 15) is 0 Å². The van der Waals surface area contributed by atoms with Crippen molar-refractivity contribution in [3.63, 3.8) is 0 Å². The van der Waals surface area contributed by atoms with Gasteiger partial charge in [0.2, 0.25) is 0 Å². The maximum absolute atomic E-state index is 8.51. The molecule has 0 aromatic carbocycles. The number of aromatic nitrogens is 1. The molecule has 0 atom stereocenters. The number of hydrogen-bond donors (Lipinski definition) is 0. The van der Waals surface area contributed by atoms with Gasteiger partial charge in [-0.3, -0.25) is 0 Å². The van der Waals surface area contributed by atoms with Crippen molar-refractivity contribution in [1.29, 1.82) is 5.26 Å². The summed E-state index contributed by atoms with van der Waals surface area (Å²) in [7, 11) is 0. The largest absolute Gasteiger partial charge is 0.242 e. The Morgan fingerprint density at radius 3 is 2.73 bits per heavy atom. The fourth-order valence-electron chi connectivity index (χ4n) is 1.03. The van der Waals surface area contributed by atoms with Crippen LogP contribution in [-0.4, -0.2) is 4.98 Å². The van der Waals surface area contributed by atoms with Crippen molar-refractivity contribution in [3.05, 3.63) is 29.1 Å². The van der Waals surface area contributed by atoms with E-state index in [1.165, 1.54) is 5.56 Å². The summed E-state index contributed by atoms with van der Waals surface area (Å²) < 4.78 is 0. The van der Waals surface area contributed by atoms with Crippen LogP contribution in [-0.2, 0) is 6.42 Å². The van der Waals surface area contributed by atoms with Gasteiger partial charge >= 0.3 is 0 Å². The zero-order chi connectivity index (χ0) is 8.27. The van der Waals surface area contributed by atoms with Crippen molar-refractivity contribution in [2.24, 2.45) is 0 Å². The molecular weight excluding hydrogens is 136 g/mol. The van der Waals surface area contributed by atoms with E-state index in [1.54, 1.807) is 6.07 Å². The van der Waals surface area contributed by atoms with Crippen LogP contribution in [0.25, 0.3) is 0 Å². The zero-order valence-electron chi connectivity index (χ0n) is 6.76. The lowest BCUT2D eigenvalue weighted by Crippen LogP contribution is -1.92. The summed E-state index contributed by atoms with van der Waals surface area (Å²) in [4.78, 5) is 4.10. The minimum atomic E-state index is 0.500. The summed E-state index contributed by atoms with van der Waals surface area (Å²) >= 11 is 0. The van der Waals surface area contributed by atoms with Crippen LogP contribution in [0.4, 0.5) is 0 Å². The lowest BCUT2D eigenvalue weighted by molar-refractivity contribution is 1.04. The predicted molar refractivity (Wildman–Crippen MR) is 43.1 cm³/mol. The van der Waals surface area contributed by atoms with Crippen LogP contribution in [0.3, 0.4) is 0 Å². The van der Waals surface area contributed by atoms with Crippen LogP contribution in [0.1, 0.15) is 23.9 Å². The average molecular weight is 146 g/mol. The normalized spacial score (nSPS) is 9.18. The third-order valence-electron chi connectivity index (χ3n) is 1.69. The first-order valence-electron chi connectivity index (χ1n) is 3.64. The number of hydrogen-bond acceptors (Lipinski definition) is 2. The third-order valence-corrected chi connectivity index (χ3v) is 1.69. The summed E-state index contributed by atoms with van der Waals surface area (Å²) in [6.07, 6.45) is 0.977. The summed E-state index contributed by atoms with van der Waals surface area (Å²) in [6, 6.07) is 5.72. The first-order valence-corrected chi connectivity index (χ1v) is 3.64. The Morgan fingerprint density at radius 1 is 1.55 bits per heavy atom. The van der Waals surface area contributed by atoms with Gasteiger partial charge in [0, 0.05) is 5.69 Å². The first kappa shape index (κ1) is 7.74. The van der Waals surface area contributed by atoms with E-state index in [2.05, 4.69) is 11.9 Å². The molecule has 0 N–H and O–H groups in total. The molecule has 0 unspecified atom stereocenters. The van der Waals surface area contributed by atoms with E-state index in [1.807, 2.05) is 19.1 Å². The van der Waals surface area contributed by atoms with Crippen LogP contribution >= 0.6 is 0 Å². The Kier molecular flexibility index (Phi) is 2.22. The van der Waals surface area contributed by atoms with Crippen molar-refractivity contribution in [3.8, 4) is 6.07 Å². The van der Waals surface area contributed by atoms with Crippen LogP contribution in [0.2, 0.25) is 0 Å². The van der Waals surface area contributed by atoms with E-state index in [0.717, 1.165) is 12.1 Å². The summed E-state index contributed by atoms with van der Waals surface area (Å²) in [6.45, 7) is 4.01. The van der Waals surface area contributed by atoms with Gasteiger partial charge in [0.25, 0.3) is 0 Å². The standard InChI is InChI=1S/C9H10N2/c1-3-8-4-5-9(6-10)11-7(8)2/h4-5H,3H2,1-2H3. The fraction of sp³-hybridized carbons (Fsp3) is 0.333. The Morgan fingerprint density at radius 2 is 2.27 bits per heavy atom. The lowest BCUT2D eigenvalue weighted by Gasteiger charge is -1.99. The van der Waals surface area contributed by atoms with Gasteiger partial charge in [-0.2, -0.15) is 5.26 Å². The molecule has 0 bridgehead atoms. The van der Waals surface area contributed by atoms with Gasteiger partial charge in [0.05, 0.1) is 0 Å². The van der Waals surface area contributed by atoms with E-state index in [0.29, 0.717) is 5.69 Å². The highest BCUT2D eigenvalue weighted by Crippen LogP contribution is 2.06. The monoisotopic (exact) mass is 146 g/mol. The van der Waals surface area contributed by atoms with Crippen LogP contribution < -0.4 is 0 Å². The third kappa shape index (κ3) is 1.56. The highest BCUT2D eigenvalue weighted by atomic mass is 14.7. The molecule has 2 heteroatoms. The Labute approximate surface area is 66.5 Å². The minimum absolute atomic E-state index is 0.500.